The molecule has 6 nitrogen and oxygen atoms in total. The number of nitro groups is 1. The molecule has 0 radical (unpaired) electrons. The van der Waals surface area contributed by atoms with Crippen molar-refractivity contribution in [3.8, 4) is 0 Å². The lowest BCUT2D eigenvalue weighted by Crippen LogP contribution is -2.11. The standard InChI is InChI=1S/C12H11N3O3S2/c1-6-7(2)19-12(10(6)11(13)16)14-5-8-3-4-9(20-8)15(17)18/h3-5H,1-2H3,(H2,13,16). The number of thiophene rings is 2. The molecular formula is C12H11N3O3S2. The molecule has 0 fully saturated rings. The molecule has 0 saturated carbocycles. The summed E-state index contributed by atoms with van der Waals surface area (Å²) in [6.45, 7) is 3.71. The van der Waals surface area contributed by atoms with Crippen LogP contribution in [0.1, 0.15) is 25.7 Å². The number of nitrogens with two attached hydrogens (primary N) is 1. The van der Waals surface area contributed by atoms with Crippen LogP contribution in [-0.4, -0.2) is 17.0 Å². The van der Waals surface area contributed by atoms with Gasteiger partial charge in [-0.2, -0.15) is 0 Å². The Bertz CT molecular complexity index is 716. The first-order valence-corrected chi connectivity index (χ1v) is 7.21. The molecule has 104 valence electrons. The van der Waals surface area contributed by atoms with E-state index in [0.717, 1.165) is 21.8 Å². The molecule has 0 atom stereocenters. The van der Waals surface area contributed by atoms with Crippen LogP contribution in [0.5, 0.6) is 0 Å². The van der Waals surface area contributed by atoms with Crippen LogP contribution in [0, 0.1) is 24.0 Å². The largest absolute Gasteiger partial charge is 0.365 e. The SMILES string of the molecule is Cc1sc(N=Cc2ccc([N+](=O)[O-])s2)c(C(N)=O)c1C. The highest BCUT2D eigenvalue weighted by molar-refractivity contribution is 7.17. The van der Waals surface area contributed by atoms with E-state index >= 15 is 0 Å². The Hall–Kier alpha value is -2.06. The third-order valence-corrected chi connectivity index (χ3v) is 4.80. The monoisotopic (exact) mass is 309 g/mol. The van der Waals surface area contributed by atoms with Gasteiger partial charge in [-0.25, -0.2) is 4.99 Å². The maximum absolute atomic E-state index is 11.4. The lowest BCUT2D eigenvalue weighted by Gasteiger charge is -1.95. The second-order valence-electron chi connectivity index (χ2n) is 4.02. The van der Waals surface area contributed by atoms with E-state index in [9.17, 15) is 14.9 Å². The number of amides is 1. The van der Waals surface area contributed by atoms with Crippen LogP contribution < -0.4 is 5.73 Å². The van der Waals surface area contributed by atoms with Gasteiger partial charge >= 0.3 is 5.00 Å². The number of hydrogen-bond acceptors (Lipinski definition) is 6. The Morgan fingerprint density at radius 2 is 2.10 bits per heavy atom. The number of nitrogens with zero attached hydrogens (tertiary/aromatic N) is 2. The van der Waals surface area contributed by atoms with Crippen LogP contribution in [0.15, 0.2) is 17.1 Å². The number of aryl methyl sites for hydroxylation is 1. The van der Waals surface area contributed by atoms with Crippen molar-refractivity contribution in [1.82, 2.24) is 0 Å². The molecule has 1 amide bonds. The normalized spacial score (nSPS) is 11.1. The Balaban J connectivity index is 2.33. The molecule has 0 unspecified atom stereocenters. The minimum atomic E-state index is -0.517. The molecule has 2 heterocycles. The van der Waals surface area contributed by atoms with Crippen LogP contribution >= 0.6 is 22.7 Å². The van der Waals surface area contributed by atoms with Crippen LogP contribution in [0.3, 0.4) is 0 Å². The predicted octanol–water partition coefficient (Wildman–Crippen LogP) is 3.18. The first kappa shape index (κ1) is 14.4. The van der Waals surface area contributed by atoms with E-state index in [1.165, 1.54) is 23.6 Å². The summed E-state index contributed by atoms with van der Waals surface area (Å²) in [7, 11) is 0. The van der Waals surface area contributed by atoms with Crippen molar-refractivity contribution in [1.29, 1.82) is 0 Å². The van der Waals surface area contributed by atoms with Gasteiger partial charge in [0.2, 0.25) is 0 Å². The van der Waals surface area contributed by atoms with Crippen molar-refractivity contribution in [2.24, 2.45) is 10.7 Å². The molecule has 0 aliphatic rings. The zero-order valence-corrected chi connectivity index (χ0v) is 12.4. The molecular weight excluding hydrogens is 298 g/mol. The number of aliphatic imine (C=N–C) groups is 1. The van der Waals surface area contributed by atoms with Crippen molar-refractivity contribution >= 4 is 44.8 Å². The van der Waals surface area contributed by atoms with E-state index in [2.05, 4.69) is 4.99 Å². The van der Waals surface area contributed by atoms with Gasteiger partial charge in [0, 0.05) is 17.2 Å². The summed E-state index contributed by atoms with van der Waals surface area (Å²) in [4.78, 5) is 27.4. The third kappa shape index (κ3) is 2.75. The zero-order chi connectivity index (χ0) is 14.9. The van der Waals surface area contributed by atoms with Gasteiger partial charge in [0.25, 0.3) is 5.91 Å². The summed E-state index contributed by atoms with van der Waals surface area (Å²) in [6.07, 6.45) is 1.51. The van der Waals surface area contributed by atoms with Crippen molar-refractivity contribution in [3.63, 3.8) is 0 Å². The Morgan fingerprint density at radius 1 is 1.40 bits per heavy atom. The third-order valence-electron chi connectivity index (χ3n) is 2.71. The van der Waals surface area contributed by atoms with Crippen LogP contribution in [-0.2, 0) is 0 Å². The smallest absolute Gasteiger partial charge is 0.324 e. The topological polar surface area (TPSA) is 98.6 Å². The second-order valence-corrected chi connectivity index (χ2v) is 6.32. The van der Waals surface area contributed by atoms with Crippen LogP contribution in [0.2, 0.25) is 0 Å². The highest BCUT2D eigenvalue weighted by atomic mass is 32.1. The molecule has 0 aliphatic carbocycles. The fourth-order valence-corrected chi connectivity index (χ4v) is 3.32. The summed E-state index contributed by atoms with van der Waals surface area (Å²) in [5, 5.41) is 11.2. The lowest BCUT2D eigenvalue weighted by molar-refractivity contribution is -0.380. The molecule has 2 N–H and O–H groups in total. The summed E-state index contributed by atoms with van der Waals surface area (Å²) in [5.74, 6) is -0.517. The Morgan fingerprint density at radius 3 is 2.65 bits per heavy atom. The van der Waals surface area contributed by atoms with Gasteiger partial charge in [-0.3, -0.25) is 14.9 Å². The summed E-state index contributed by atoms with van der Waals surface area (Å²) >= 11 is 2.40. The number of primary amides is 1. The highest BCUT2D eigenvalue weighted by Gasteiger charge is 2.16. The molecule has 0 aliphatic heterocycles. The number of carbonyl (C=O) groups is 1. The molecule has 0 bridgehead atoms. The minimum Gasteiger partial charge on any atom is -0.365 e. The van der Waals surface area contributed by atoms with Crippen molar-refractivity contribution in [2.75, 3.05) is 0 Å². The van der Waals surface area contributed by atoms with Gasteiger partial charge in [0.1, 0.15) is 5.00 Å². The molecule has 20 heavy (non-hydrogen) atoms. The van der Waals surface area contributed by atoms with E-state index in [4.69, 9.17) is 5.73 Å². The van der Waals surface area contributed by atoms with Gasteiger partial charge in [0.05, 0.1) is 15.4 Å². The fourth-order valence-electron chi connectivity index (χ4n) is 1.62. The average molecular weight is 309 g/mol. The van der Waals surface area contributed by atoms with Gasteiger partial charge in [-0.15, -0.1) is 11.3 Å². The quantitative estimate of drug-likeness (QED) is 0.533. The number of hydrogen-bond donors (Lipinski definition) is 1. The van der Waals surface area contributed by atoms with Gasteiger partial charge in [0.15, 0.2) is 0 Å². The van der Waals surface area contributed by atoms with Crippen LogP contribution in [0.25, 0.3) is 0 Å². The van der Waals surface area contributed by atoms with E-state index in [-0.39, 0.29) is 5.00 Å². The first-order valence-electron chi connectivity index (χ1n) is 5.58. The van der Waals surface area contributed by atoms with Crippen molar-refractivity contribution in [2.45, 2.75) is 13.8 Å². The van der Waals surface area contributed by atoms with E-state index in [0.29, 0.717) is 15.4 Å². The maximum atomic E-state index is 11.4. The number of rotatable bonds is 4. The number of carbonyl (C=O) groups excluding carboxylic acids is 1. The van der Waals surface area contributed by atoms with E-state index in [1.54, 1.807) is 6.07 Å². The Labute approximate surface area is 122 Å². The van der Waals surface area contributed by atoms with Crippen molar-refractivity contribution in [3.05, 3.63) is 43.1 Å². The Kier molecular flexibility index (Phi) is 3.96. The first-order chi connectivity index (χ1) is 9.40. The van der Waals surface area contributed by atoms with Crippen LogP contribution in [0.4, 0.5) is 10.0 Å². The molecule has 2 aromatic rings. The van der Waals surface area contributed by atoms with E-state index < -0.39 is 10.8 Å². The van der Waals surface area contributed by atoms with Gasteiger partial charge < -0.3 is 5.73 Å². The molecule has 8 heteroatoms. The molecule has 0 aromatic carbocycles. The minimum absolute atomic E-state index is 0.0557. The zero-order valence-electron chi connectivity index (χ0n) is 10.7. The predicted molar refractivity (Wildman–Crippen MR) is 80.5 cm³/mol. The molecule has 2 rings (SSSR count). The fraction of sp³-hybridized carbons (Fsp3) is 0.167. The van der Waals surface area contributed by atoms with Crippen molar-refractivity contribution < 1.29 is 9.72 Å². The molecule has 2 aromatic heterocycles. The summed E-state index contributed by atoms with van der Waals surface area (Å²) < 4.78 is 0. The van der Waals surface area contributed by atoms with Gasteiger partial charge in [-0.05, 0) is 25.5 Å². The van der Waals surface area contributed by atoms with E-state index in [1.807, 2.05) is 13.8 Å². The summed E-state index contributed by atoms with van der Waals surface area (Å²) in [6, 6.07) is 3.04. The molecule has 0 spiro atoms. The second kappa shape index (κ2) is 5.51. The summed E-state index contributed by atoms with van der Waals surface area (Å²) in [5.41, 5.74) is 6.59. The lowest BCUT2D eigenvalue weighted by atomic mass is 10.1. The van der Waals surface area contributed by atoms with Gasteiger partial charge in [-0.1, -0.05) is 11.3 Å². The average Bonchev–Trinajstić information content (AvgIpc) is 2.93. The molecule has 0 saturated heterocycles. The maximum Gasteiger partial charge on any atom is 0.324 e. The highest BCUT2D eigenvalue weighted by Crippen LogP contribution is 2.34.